The standard InChI is InChI=1S/C14H22N2S/c1-11(2)16(3)9-8-15-13-10-17-14-7-5-4-6-12(13)14/h4-7,11,13,15H,8-10H2,1-3H3. The highest BCUT2D eigenvalue weighted by atomic mass is 32.2. The normalized spacial score (nSPS) is 19.0. The highest BCUT2D eigenvalue weighted by Gasteiger charge is 2.21. The highest BCUT2D eigenvalue weighted by Crippen LogP contribution is 2.37. The van der Waals surface area contributed by atoms with Gasteiger partial charge in [-0.2, -0.15) is 0 Å². The van der Waals surface area contributed by atoms with Gasteiger partial charge in [0.25, 0.3) is 0 Å². The monoisotopic (exact) mass is 250 g/mol. The Labute approximate surface area is 109 Å². The molecule has 1 aromatic rings. The summed E-state index contributed by atoms with van der Waals surface area (Å²) in [5, 5.41) is 3.66. The third-order valence-electron chi connectivity index (χ3n) is 3.44. The Hall–Kier alpha value is -0.510. The van der Waals surface area contributed by atoms with Crippen LogP contribution >= 0.6 is 11.8 Å². The van der Waals surface area contributed by atoms with E-state index in [-0.39, 0.29) is 0 Å². The average molecular weight is 250 g/mol. The zero-order chi connectivity index (χ0) is 12.3. The van der Waals surface area contributed by atoms with Crippen molar-refractivity contribution < 1.29 is 0 Å². The van der Waals surface area contributed by atoms with E-state index >= 15 is 0 Å². The van der Waals surface area contributed by atoms with Crippen LogP contribution < -0.4 is 5.32 Å². The fraction of sp³-hybridized carbons (Fsp3) is 0.571. The molecule has 17 heavy (non-hydrogen) atoms. The maximum atomic E-state index is 3.66. The summed E-state index contributed by atoms with van der Waals surface area (Å²) in [6.45, 7) is 6.65. The molecule has 1 heterocycles. The molecule has 0 bridgehead atoms. The molecule has 1 unspecified atom stereocenters. The summed E-state index contributed by atoms with van der Waals surface area (Å²) >= 11 is 1.97. The second-order valence-electron chi connectivity index (χ2n) is 4.93. The molecule has 0 radical (unpaired) electrons. The van der Waals surface area contributed by atoms with Gasteiger partial charge in [-0.3, -0.25) is 0 Å². The fourth-order valence-electron chi connectivity index (χ4n) is 2.00. The van der Waals surface area contributed by atoms with Crippen molar-refractivity contribution in [3.63, 3.8) is 0 Å². The molecular formula is C14H22N2S. The summed E-state index contributed by atoms with van der Waals surface area (Å²) in [7, 11) is 2.18. The SMILES string of the molecule is CC(C)N(C)CCNC1CSc2ccccc21. The van der Waals surface area contributed by atoms with Gasteiger partial charge in [0.2, 0.25) is 0 Å². The van der Waals surface area contributed by atoms with Crippen molar-refractivity contribution in [1.82, 2.24) is 10.2 Å². The Morgan fingerprint density at radius 2 is 2.18 bits per heavy atom. The predicted molar refractivity (Wildman–Crippen MR) is 75.7 cm³/mol. The molecule has 2 rings (SSSR count). The first-order valence-corrected chi connectivity index (χ1v) is 7.32. The Morgan fingerprint density at radius 1 is 1.41 bits per heavy atom. The van der Waals surface area contributed by atoms with Crippen molar-refractivity contribution in [2.24, 2.45) is 0 Å². The van der Waals surface area contributed by atoms with Gasteiger partial charge in [0.15, 0.2) is 0 Å². The van der Waals surface area contributed by atoms with Crippen LogP contribution in [0.15, 0.2) is 29.2 Å². The summed E-state index contributed by atoms with van der Waals surface area (Å²) in [5.41, 5.74) is 1.48. The van der Waals surface area contributed by atoms with Gasteiger partial charge in [0.05, 0.1) is 0 Å². The summed E-state index contributed by atoms with van der Waals surface area (Å²) in [6.07, 6.45) is 0. The van der Waals surface area contributed by atoms with Gasteiger partial charge in [0, 0.05) is 35.8 Å². The minimum Gasteiger partial charge on any atom is -0.308 e. The zero-order valence-corrected chi connectivity index (χ0v) is 11.8. The lowest BCUT2D eigenvalue weighted by Crippen LogP contribution is -2.35. The van der Waals surface area contributed by atoms with Gasteiger partial charge in [-0.15, -0.1) is 11.8 Å². The van der Waals surface area contributed by atoms with E-state index in [1.807, 2.05) is 11.8 Å². The van der Waals surface area contributed by atoms with E-state index in [1.54, 1.807) is 0 Å². The van der Waals surface area contributed by atoms with Crippen LogP contribution in [0.1, 0.15) is 25.5 Å². The first kappa shape index (κ1) is 12.9. The molecular weight excluding hydrogens is 228 g/mol. The van der Waals surface area contributed by atoms with Crippen LogP contribution in [0.25, 0.3) is 0 Å². The van der Waals surface area contributed by atoms with Crippen molar-refractivity contribution >= 4 is 11.8 Å². The molecule has 1 aromatic carbocycles. The quantitative estimate of drug-likeness (QED) is 0.865. The lowest BCUT2D eigenvalue weighted by atomic mass is 10.1. The Morgan fingerprint density at radius 3 is 2.94 bits per heavy atom. The maximum absolute atomic E-state index is 3.66. The van der Waals surface area contributed by atoms with Crippen molar-refractivity contribution in [1.29, 1.82) is 0 Å². The number of nitrogens with zero attached hydrogens (tertiary/aromatic N) is 1. The fourth-order valence-corrected chi connectivity index (χ4v) is 3.20. The maximum Gasteiger partial charge on any atom is 0.0426 e. The van der Waals surface area contributed by atoms with Crippen molar-refractivity contribution in [3.05, 3.63) is 29.8 Å². The molecule has 0 aliphatic carbocycles. The molecule has 0 fully saturated rings. The Balaban J connectivity index is 1.82. The molecule has 1 aliphatic rings. The molecule has 0 saturated heterocycles. The average Bonchev–Trinajstić information content (AvgIpc) is 2.72. The second-order valence-corrected chi connectivity index (χ2v) is 5.99. The van der Waals surface area contributed by atoms with Gasteiger partial charge in [-0.25, -0.2) is 0 Å². The van der Waals surface area contributed by atoms with E-state index in [0.717, 1.165) is 13.1 Å². The van der Waals surface area contributed by atoms with Crippen LogP contribution in [0, 0.1) is 0 Å². The van der Waals surface area contributed by atoms with Gasteiger partial charge in [-0.05, 0) is 32.5 Å². The van der Waals surface area contributed by atoms with Crippen molar-refractivity contribution in [2.45, 2.75) is 30.8 Å². The number of thioether (sulfide) groups is 1. The molecule has 0 spiro atoms. The number of rotatable bonds is 5. The zero-order valence-electron chi connectivity index (χ0n) is 10.9. The van der Waals surface area contributed by atoms with Crippen LogP contribution in [0.3, 0.4) is 0 Å². The number of hydrogen-bond acceptors (Lipinski definition) is 3. The van der Waals surface area contributed by atoms with Crippen molar-refractivity contribution in [3.8, 4) is 0 Å². The molecule has 2 nitrogen and oxygen atoms in total. The molecule has 3 heteroatoms. The first-order valence-electron chi connectivity index (χ1n) is 6.34. The van der Waals surface area contributed by atoms with Crippen LogP contribution in [-0.4, -0.2) is 36.8 Å². The lowest BCUT2D eigenvalue weighted by Gasteiger charge is -2.22. The van der Waals surface area contributed by atoms with E-state index in [9.17, 15) is 0 Å². The molecule has 1 aliphatic heterocycles. The van der Waals surface area contributed by atoms with Crippen LogP contribution in [0.2, 0.25) is 0 Å². The molecule has 94 valence electrons. The lowest BCUT2D eigenvalue weighted by molar-refractivity contribution is 0.270. The van der Waals surface area contributed by atoms with Crippen molar-refractivity contribution in [2.75, 3.05) is 25.9 Å². The topological polar surface area (TPSA) is 15.3 Å². The van der Waals surface area contributed by atoms with Crippen LogP contribution in [-0.2, 0) is 0 Å². The summed E-state index contributed by atoms with van der Waals surface area (Å²) in [5.74, 6) is 1.17. The Kier molecular flexibility index (Phi) is 4.48. The van der Waals surface area contributed by atoms with Gasteiger partial charge in [0.1, 0.15) is 0 Å². The second kappa shape index (κ2) is 5.89. The third-order valence-corrected chi connectivity index (χ3v) is 4.62. The van der Waals surface area contributed by atoms with E-state index in [0.29, 0.717) is 12.1 Å². The smallest absolute Gasteiger partial charge is 0.0426 e. The predicted octanol–water partition coefficient (Wildman–Crippen LogP) is 2.76. The number of fused-ring (bicyclic) bond motifs is 1. The van der Waals surface area contributed by atoms with E-state index < -0.39 is 0 Å². The highest BCUT2D eigenvalue weighted by molar-refractivity contribution is 7.99. The van der Waals surface area contributed by atoms with E-state index in [1.165, 1.54) is 16.2 Å². The number of benzene rings is 1. The molecule has 1 atom stereocenters. The van der Waals surface area contributed by atoms with Gasteiger partial charge < -0.3 is 10.2 Å². The van der Waals surface area contributed by atoms with Crippen LogP contribution in [0.4, 0.5) is 0 Å². The third kappa shape index (κ3) is 3.24. The summed E-state index contributed by atoms with van der Waals surface area (Å²) in [4.78, 5) is 3.82. The molecule has 1 N–H and O–H groups in total. The Bertz CT molecular complexity index is 365. The van der Waals surface area contributed by atoms with Crippen LogP contribution in [0.5, 0.6) is 0 Å². The largest absolute Gasteiger partial charge is 0.308 e. The van der Waals surface area contributed by atoms with E-state index in [4.69, 9.17) is 0 Å². The molecule has 0 amide bonds. The van der Waals surface area contributed by atoms with Gasteiger partial charge >= 0.3 is 0 Å². The number of hydrogen-bond donors (Lipinski definition) is 1. The number of nitrogens with one attached hydrogen (secondary N) is 1. The first-order chi connectivity index (χ1) is 8.18. The minimum atomic E-state index is 0.539. The summed E-state index contributed by atoms with van der Waals surface area (Å²) < 4.78 is 0. The molecule has 0 saturated carbocycles. The number of likely N-dealkylation sites (N-methyl/N-ethyl adjacent to an activating group) is 1. The van der Waals surface area contributed by atoms with E-state index in [2.05, 4.69) is 55.4 Å². The molecule has 0 aromatic heterocycles. The minimum absolute atomic E-state index is 0.539. The van der Waals surface area contributed by atoms with Gasteiger partial charge in [-0.1, -0.05) is 18.2 Å². The summed E-state index contributed by atoms with van der Waals surface area (Å²) in [6, 6.07) is 9.90.